The maximum Gasteiger partial charge on any atom is 0.337 e. The molecule has 7 heteroatoms. The monoisotopic (exact) mass is 372 g/mol. The molecule has 0 saturated heterocycles. The highest BCUT2D eigenvalue weighted by atomic mass is 32.2. The SMILES string of the molecule is COC(=O)c1ccc(COc2cccc3cccc(S(=O)(=O)O)c23)cc1. The van der Waals surface area contributed by atoms with E-state index in [4.69, 9.17) is 4.74 Å². The minimum absolute atomic E-state index is 0.167. The van der Waals surface area contributed by atoms with Gasteiger partial charge in [-0.1, -0.05) is 36.4 Å². The fraction of sp³-hybridized carbons (Fsp3) is 0.105. The second-order valence-electron chi connectivity index (χ2n) is 5.56. The molecule has 3 aromatic carbocycles. The molecular weight excluding hydrogens is 356 g/mol. The van der Waals surface area contributed by atoms with Gasteiger partial charge in [0.2, 0.25) is 0 Å². The number of methoxy groups -OCH3 is 1. The Labute approximate surface area is 150 Å². The molecule has 0 aromatic heterocycles. The van der Waals surface area contributed by atoms with Gasteiger partial charge in [-0.05, 0) is 35.2 Å². The van der Waals surface area contributed by atoms with E-state index in [1.165, 1.54) is 13.2 Å². The van der Waals surface area contributed by atoms with Crippen LogP contribution in [0.1, 0.15) is 15.9 Å². The number of carbonyl (C=O) groups excluding carboxylic acids is 1. The molecule has 0 aliphatic carbocycles. The van der Waals surface area contributed by atoms with Gasteiger partial charge in [-0.25, -0.2) is 4.79 Å². The summed E-state index contributed by atoms with van der Waals surface area (Å²) < 4.78 is 43.2. The van der Waals surface area contributed by atoms with Crippen LogP contribution in [0.4, 0.5) is 0 Å². The molecule has 0 aliphatic heterocycles. The van der Waals surface area contributed by atoms with E-state index in [1.807, 2.05) is 0 Å². The van der Waals surface area contributed by atoms with E-state index >= 15 is 0 Å². The van der Waals surface area contributed by atoms with Crippen LogP contribution in [0.3, 0.4) is 0 Å². The van der Waals surface area contributed by atoms with Crippen molar-refractivity contribution in [2.45, 2.75) is 11.5 Å². The Morgan fingerprint density at radius 1 is 1.00 bits per heavy atom. The highest BCUT2D eigenvalue weighted by Crippen LogP contribution is 2.32. The van der Waals surface area contributed by atoms with Gasteiger partial charge < -0.3 is 9.47 Å². The second-order valence-corrected chi connectivity index (χ2v) is 6.95. The van der Waals surface area contributed by atoms with Crippen molar-refractivity contribution in [1.82, 2.24) is 0 Å². The molecule has 0 unspecified atom stereocenters. The number of hydrogen-bond acceptors (Lipinski definition) is 5. The number of rotatable bonds is 5. The highest BCUT2D eigenvalue weighted by Gasteiger charge is 2.17. The van der Waals surface area contributed by atoms with Gasteiger partial charge in [0.25, 0.3) is 10.1 Å². The van der Waals surface area contributed by atoms with Gasteiger partial charge in [0.1, 0.15) is 17.3 Å². The number of hydrogen-bond donors (Lipinski definition) is 1. The average Bonchev–Trinajstić information content (AvgIpc) is 2.64. The predicted molar refractivity (Wildman–Crippen MR) is 95.9 cm³/mol. The maximum atomic E-state index is 11.7. The van der Waals surface area contributed by atoms with Crippen LogP contribution < -0.4 is 4.74 Å². The number of carbonyl (C=O) groups is 1. The third kappa shape index (κ3) is 3.68. The molecule has 0 bridgehead atoms. The highest BCUT2D eigenvalue weighted by molar-refractivity contribution is 7.86. The zero-order valence-electron chi connectivity index (χ0n) is 13.9. The van der Waals surface area contributed by atoms with Gasteiger partial charge in [0, 0.05) is 5.39 Å². The summed E-state index contributed by atoms with van der Waals surface area (Å²) in [6, 6.07) is 16.4. The van der Waals surface area contributed by atoms with E-state index in [9.17, 15) is 17.8 Å². The molecule has 1 N–H and O–H groups in total. The van der Waals surface area contributed by atoms with Crippen LogP contribution in [-0.4, -0.2) is 26.0 Å². The molecule has 0 saturated carbocycles. The molecule has 0 heterocycles. The third-order valence-corrected chi connectivity index (χ3v) is 4.77. The Morgan fingerprint density at radius 2 is 1.65 bits per heavy atom. The lowest BCUT2D eigenvalue weighted by molar-refractivity contribution is 0.0600. The molecule has 26 heavy (non-hydrogen) atoms. The summed E-state index contributed by atoms with van der Waals surface area (Å²) >= 11 is 0. The first-order chi connectivity index (χ1) is 12.4. The first kappa shape index (κ1) is 17.9. The minimum Gasteiger partial charge on any atom is -0.488 e. The van der Waals surface area contributed by atoms with Crippen molar-refractivity contribution in [3.8, 4) is 5.75 Å². The summed E-state index contributed by atoms with van der Waals surface area (Å²) in [7, 11) is -3.07. The maximum absolute atomic E-state index is 11.7. The van der Waals surface area contributed by atoms with E-state index < -0.39 is 16.1 Å². The Hall–Kier alpha value is -2.90. The summed E-state index contributed by atoms with van der Waals surface area (Å²) in [4.78, 5) is 11.2. The molecule has 134 valence electrons. The van der Waals surface area contributed by atoms with Crippen LogP contribution in [0.5, 0.6) is 5.75 Å². The Bertz CT molecular complexity index is 1050. The first-order valence-corrected chi connectivity index (χ1v) is 9.13. The van der Waals surface area contributed by atoms with Gasteiger partial charge in [-0.3, -0.25) is 4.55 Å². The second kappa shape index (κ2) is 7.15. The predicted octanol–water partition coefficient (Wildman–Crippen LogP) is 3.45. The van der Waals surface area contributed by atoms with Crippen molar-refractivity contribution >= 4 is 26.9 Å². The van der Waals surface area contributed by atoms with Crippen molar-refractivity contribution in [2.24, 2.45) is 0 Å². The molecular formula is C19H16O6S. The van der Waals surface area contributed by atoms with Crippen molar-refractivity contribution < 1.29 is 27.2 Å². The first-order valence-electron chi connectivity index (χ1n) is 7.69. The quantitative estimate of drug-likeness (QED) is 0.545. The summed E-state index contributed by atoms with van der Waals surface area (Å²) in [5, 5.41) is 0.961. The number of esters is 1. The van der Waals surface area contributed by atoms with Crippen molar-refractivity contribution in [2.75, 3.05) is 7.11 Å². The van der Waals surface area contributed by atoms with Crippen LogP contribution >= 0.6 is 0 Å². The van der Waals surface area contributed by atoms with Crippen molar-refractivity contribution in [3.05, 3.63) is 71.8 Å². The fourth-order valence-electron chi connectivity index (χ4n) is 2.62. The summed E-state index contributed by atoms with van der Waals surface area (Å²) in [5.74, 6) is -0.0860. The molecule has 3 aromatic rings. The standard InChI is InChI=1S/C19H16O6S/c1-24-19(20)15-10-8-13(9-11-15)12-25-16-6-2-4-14-5-3-7-17(18(14)16)26(21,22)23/h2-11H,12H2,1H3,(H,21,22,23). The van der Waals surface area contributed by atoms with Gasteiger partial charge in [0.05, 0.1) is 12.7 Å². The summed E-state index contributed by atoms with van der Waals surface area (Å²) in [6.45, 7) is 0.167. The molecule has 0 radical (unpaired) electrons. The van der Waals surface area contributed by atoms with E-state index in [2.05, 4.69) is 4.74 Å². The summed E-state index contributed by atoms with van der Waals surface area (Å²) in [5.41, 5.74) is 1.22. The Balaban J connectivity index is 1.91. The molecule has 0 aliphatic rings. The van der Waals surface area contributed by atoms with Gasteiger partial charge in [-0.15, -0.1) is 0 Å². The molecule has 3 rings (SSSR count). The van der Waals surface area contributed by atoms with Crippen LogP contribution in [0, 0.1) is 0 Å². The lowest BCUT2D eigenvalue weighted by atomic mass is 10.1. The average molecular weight is 372 g/mol. The molecule has 6 nitrogen and oxygen atoms in total. The number of benzene rings is 3. The summed E-state index contributed by atoms with van der Waals surface area (Å²) in [6.07, 6.45) is 0. The Morgan fingerprint density at radius 3 is 2.27 bits per heavy atom. The topological polar surface area (TPSA) is 89.9 Å². The van der Waals surface area contributed by atoms with Gasteiger partial charge in [0.15, 0.2) is 0 Å². The number of fused-ring (bicyclic) bond motifs is 1. The van der Waals surface area contributed by atoms with Crippen LogP contribution in [0.15, 0.2) is 65.6 Å². The minimum atomic E-state index is -4.38. The smallest absolute Gasteiger partial charge is 0.337 e. The van der Waals surface area contributed by atoms with E-state index in [0.717, 1.165) is 5.56 Å². The third-order valence-electron chi connectivity index (χ3n) is 3.88. The molecule has 0 atom stereocenters. The lowest BCUT2D eigenvalue weighted by Gasteiger charge is -2.12. The zero-order chi connectivity index (χ0) is 18.7. The van der Waals surface area contributed by atoms with Crippen LogP contribution in [0.25, 0.3) is 10.8 Å². The largest absolute Gasteiger partial charge is 0.488 e. The Kier molecular flexibility index (Phi) is 4.92. The van der Waals surface area contributed by atoms with Gasteiger partial charge >= 0.3 is 5.97 Å². The molecule has 0 fully saturated rings. The fourth-order valence-corrected chi connectivity index (χ4v) is 3.35. The van der Waals surface area contributed by atoms with E-state index in [0.29, 0.717) is 22.1 Å². The lowest BCUT2D eigenvalue weighted by Crippen LogP contribution is -2.03. The van der Waals surface area contributed by atoms with E-state index in [1.54, 1.807) is 54.6 Å². The normalized spacial score (nSPS) is 11.3. The number of ether oxygens (including phenoxy) is 2. The van der Waals surface area contributed by atoms with Crippen molar-refractivity contribution in [1.29, 1.82) is 0 Å². The van der Waals surface area contributed by atoms with Crippen LogP contribution in [0.2, 0.25) is 0 Å². The molecule has 0 amide bonds. The van der Waals surface area contributed by atoms with Gasteiger partial charge in [-0.2, -0.15) is 8.42 Å². The van der Waals surface area contributed by atoms with Crippen LogP contribution in [-0.2, 0) is 21.5 Å². The molecule has 0 spiro atoms. The van der Waals surface area contributed by atoms with E-state index in [-0.39, 0.29) is 11.5 Å². The zero-order valence-corrected chi connectivity index (χ0v) is 14.7. The van der Waals surface area contributed by atoms with Crippen molar-refractivity contribution in [3.63, 3.8) is 0 Å².